The summed E-state index contributed by atoms with van der Waals surface area (Å²) in [5.74, 6) is 2.50. The van der Waals surface area contributed by atoms with Gasteiger partial charge in [-0.3, -0.25) is 4.79 Å². The number of carbonyl (C=O) groups is 1. The first kappa shape index (κ1) is 16.5. The molecule has 0 aromatic carbocycles. The highest BCUT2D eigenvalue weighted by Gasteiger charge is 2.31. The van der Waals surface area contributed by atoms with Crippen molar-refractivity contribution in [3.05, 3.63) is 17.7 Å². The summed E-state index contributed by atoms with van der Waals surface area (Å²) in [4.78, 5) is 19.5. The lowest BCUT2D eigenvalue weighted by molar-refractivity contribution is -0.137. The lowest BCUT2D eigenvalue weighted by Gasteiger charge is -2.34. The second-order valence-corrected chi connectivity index (χ2v) is 7.76. The van der Waals surface area contributed by atoms with Gasteiger partial charge in [-0.05, 0) is 52.4 Å². The Labute approximate surface area is 140 Å². The van der Waals surface area contributed by atoms with Crippen LogP contribution >= 0.6 is 0 Å². The van der Waals surface area contributed by atoms with Crippen LogP contribution in [0, 0.1) is 18.8 Å². The third-order valence-electron chi connectivity index (χ3n) is 5.58. The van der Waals surface area contributed by atoms with Crippen LogP contribution in [-0.2, 0) is 11.2 Å². The van der Waals surface area contributed by atoms with E-state index in [1.807, 2.05) is 6.20 Å². The molecule has 2 heterocycles. The van der Waals surface area contributed by atoms with Gasteiger partial charge < -0.3 is 9.47 Å². The fourth-order valence-corrected chi connectivity index (χ4v) is 4.47. The van der Waals surface area contributed by atoms with Crippen molar-refractivity contribution in [1.82, 2.24) is 14.5 Å². The molecule has 4 heteroatoms. The summed E-state index contributed by atoms with van der Waals surface area (Å²) in [7, 11) is 0. The molecule has 1 amide bonds. The zero-order valence-corrected chi connectivity index (χ0v) is 14.9. The zero-order chi connectivity index (χ0) is 16.4. The monoisotopic (exact) mass is 317 g/mol. The smallest absolute Gasteiger partial charge is 0.225 e. The quantitative estimate of drug-likeness (QED) is 0.848. The molecule has 1 aliphatic heterocycles. The highest BCUT2D eigenvalue weighted by molar-refractivity contribution is 5.79. The number of aromatic nitrogens is 2. The van der Waals surface area contributed by atoms with Crippen LogP contribution in [0.25, 0.3) is 0 Å². The summed E-state index contributed by atoms with van der Waals surface area (Å²) in [6, 6.07) is 0.451. The van der Waals surface area contributed by atoms with Crippen molar-refractivity contribution < 1.29 is 4.79 Å². The molecule has 2 aliphatic rings. The molecule has 0 bridgehead atoms. The average Bonchev–Trinajstić information content (AvgIpc) is 3.17. The molecule has 0 spiro atoms. The minimum atomic E-state index is 0.314. The normalized spacial score (nSPS) is 23.0. The highest BCUT2D eigenvalue weighted by Crippen LogP contribution is 2.29. The highest BCUT2D eigenvalue weighted by atomic mass is 16.2. The van der Waals surface area contributed by atoms with E-state index in [1.54, 1.807) is 0 Å². The van der Waals surface area contributed by atoms with E-state index < -0.39 is 0 Å². The molecule has 4 nitrogen and oxygen atoms in total. The van der Waals surface area contributed by atoms with Crippen molar-refractivity contribution in [1.29, 1.82) is 0 Å². The Hall–Kier alpha value is -1.32. The molecule has 1 saturated carbocycles. The van der Waals surface area contributed by atoms with Crippen LogP contribution in [0.3, 0.4) is 0 Å². The number of hydrogen-bond donors (Lipinski definition) is 0. The van der Waals surface area contributed by atoms with Crippen molar-refractivity contribution in [2.45, 2.75) is 71.8 Å². The van der Waals surface area contributed by atoms with Gasteiger partial charge in [0.15, 0.2) is 0 Å². The van der Waals surface area contributed by atoms with E-state index in [0.717, 1.165) is 38.8 Å². The number of nitrogens with zero attached hydrogens (tertiary/aromatic N) is 3. The Morgan fingerprint density at radius 3 is 2.70 bits per heavy atom. The molecule has 1 aromatic heterocycles. The topological polar surface area (TPSA) is 38.1 Å². The number of aryl methyl sites for hydroxylation is 1. The van der Waals surface area contributed by atoms with E-state index in [0.29, 0.717) is 23.8 Å². The maximum Gasteiger partial charge on any atom is 0.225 e. The molecule has 1 aromatic rings. The number of imidazole rings is 1. The molecule has 0 unspecified atom stereocenters. The fourth-order valence-electron chi connectivity index (χ4n) is 4.47. The third kappa shape index (κ3) is 3.61. The lowest BCUT2D eigenvalue weighted by atomic mass is 9.93. The van der Waals surface area contributed by atoms with E-state index >= 15 is 0 Å². The second kappa shape index (κ2) is 7.06. The molecule has 23 heavy (non-hydrogen) atoms. The summed E-state index contributed by atoms with van der Waals surface area (Å²) in [5, 5.41) is 0. The first-order valence-electron chi connectivity index (χ1n) is 9.37. The molecule has 3 rings (SSSR count). The van der Waals surface area contributed by atoms with Gasteiger partial charge in [-0.25, -0.2) is 4.98 Å². The Kier molecular flexibility index (Phi) is 5.08. The van der Waals surface area contributed by atoms with Gasteiger partial charge in [-0.15, -0.1) is 0 Å². The third-order valence-corrected chi connectivity index (χ3v) is 5.58. The molecule has 2 fully saturated rings. The van der Waals surface area contributed by atoms with Gasteiger partial charge in [-0.1, -0.05) is 12.8 Å². The summed E-state index contributed by atoms with van der Waals surface area (Å²) in [6.07, 6.45) is 10.0. The number of rotatable bonds is 4. The first-order valence-corrected chi connectivity index (χ1v) is 9.37. The lowest BCUT2D eigenvalue weighted by Crippen LogP contribution is -2.43. The SMILES string of the molecule is Cc1cnc(C[C@H]2CCCN(C(=O)C3CCCC3)C2)n1C(C)C. The van der Waals surface area contributed by atoms with Gasteiger partial charge in [0.05, 0.1) is 0 Å². The van der Waals surface area contributed by atoms with Crippen molar-refractivity contribution in [3.63, 3.8) is 0 Å². The fraction of sp³-hybridized carbons (Fsp3) is 0.789. The van der Waals surface area contributed by atoms with Crippen molar-refractivity contribution in [2.24, 2.45) is 11.8 Å². The number of hydrogen-bond acceptors (Lipinski definition) is 2. The van der Waals surface area contributed by atoms with E-state index in [1.165, 1.54) is 30.8 Å². The van der Waals surface area contributed by atoms with Crippen LogP contribution in [0.2, 0.25) is 0 Å². The summed E-state index contributed by atoms with van der Waals surface area (Å²) >= 11 is 0. The van der Waals surface area contributed by atoms with Gasteiger partial charge in [0.1, 0.15) is 5.82 Å². The van der Waals surface area contributed by atoms with Crippen LogP contribution in [0.15, 0.2) is 6.20 Å². The minimum absolute atomic E-state index is 0.314. The van der Waals surface area contributed by atoms with Crippen LogP contribution < -0.4 is 0 Å². The molecular weight excluding hydrogens is 286 g/mol. The summed E-state index contributed by atoms with van der Waals surface area (Å²) in [5.41, 5.74) is 1.24. The Morgan fingerprint density at radius 2 is 2.00 bits per heavy atom. The van der Waals surface area contributed by atoms with Crippen molar-refractivity contribution >= 4 is 5.91 Å². The van der Waals surface area contributed by atoms with Crippen molar-refractivity contribution in [2.75, 3.05) is 13.1 Å². The first-order chi connectivity index (χ1) is 11.1. The largest absolute Gasteiger partial charge is 0.342 e. The van der Waals surface area contributed by atoms with Gasteiger partial charge in [0.2, 0.25) is 5.91 Å². The number of piperidine rings is 1. The number of likely N-dealkylation sites (tertiary alicyclic amines) is 1. The van der Waals surface area contributed by atoms with Gasteiger partial charge in [-0.2, -0.15) is 0 Å². The molecule has 0 radical (unpaired) electrons. The van der Waals surface area contributed by atoms with Crippen LogP contribution in [0.1, 0.15) is 69.9 Å². The Bertz CT molecular complexity index is 543. The standard InChI is InChI=1S/C19H31N3O/c1-14(2)22-15(3)12-20-18(22)11-16-7-6-10-21(13-16)19(23)17-8-4-5-9-17/h12,14,16-17H,4-11,13H2,1-3H3/t16-/m1/s1. The Morgan fingerprint density at radius 1 is 1.26 bits per heavy atom. The summed E-state index contributed by atoms with van der Waals surface area (Å²) in [6.45, 7) is 8.46. The van der Waals surface area contributed by atoms with Crippen LogP contribution in [0.4, 0.5) is 0 Å². The summed E-state index contributed by atoms with van der Waals surface area (Å²) < 4.78 is 2.34. The zero-order valence-electron chi connectivity index (χ0n) is 14.9. The van der Waals surface area contributed by atoms with Gasteiger partial charge >= 0.3 is 0 Å². The van der Waals surface area contributed by atoms with Gasteiger partial charge in [0, 0.05) is 43.4 Å². The Balaban J connectivity index is 1.64. The van der Waals surface area contributed by atoms with Crippen molar-refractivity contribution in [3.8, 4) is 0 Å². The maximum atomic E-state index is 12.7. The second-order valence-electron chi connectivity index (χ2n) is 7.76. The van der Waals surface area contributed by atoms with Crippen LogP contribution in [-0.4, -0.2) is 33.4 Å². The van der Waals surface area contributed by atoms with E-state index in [-0.39, 0.29) is 0 Å². The molecule has 1 atom stereocenters. The molecule has 1 saturated heterocycles. The minimum Gasteiger partial charge on any atom is -0.342 e. The van der Waals surface area contributed by atoms with E-state index in [2.05, 4.69) is 35.2 Å². The number of carbonyl (C=O) groups excluding carboxylic acids is 1. The molecule has 0 N–H and O–H groups in total. The predicted molar refractivity (Wildman–Crippen MR) is 92.3 cm³/mol. The maximum absolute atomic E-state index is 12.7. The van der Waals surface area contributed by atoms with E-state index in [9.17, 15) is 4.79 Å². The van der Waals surface area contributed by atoms with Gasteiger partial charge in [0.25, 0.3) is 0 Å². The number of amides is 1. The average molecular weight is 317 g/mol. The molecular formula is C19H31N3O. The molecule has 1 aliphatic carbocycles. The predicted octanol–water partition coefficient (Wildman–Crippen LogP) is 3.74. The van der Waals surface area contributed by atoms with E-state index in [4.69, 9.17) is 0 Å². The molecule has 128 valence electrons. The van der Waals surface area contributed by atoms with Crippen LogP contribution in [0.5, 0.6) is 0 Å².